The van der Waals surface area contributed by atoms with Crippen LogP contribution >= 0.6 is 0 Å². The third kappa shape index (κ3) is 3.68. The number of nitrogens with one attached hydrogen (secondary N) is 1. The standard InChI is InChI=1S/C21H23NO4/c23-13-16(10-14-4-2-1-3-5-14)22-21(24)18-12-17(18)15-6-7-19-20(11-15)26-9-8-25-19/h1-7,11,16-18,23H,8-10,12-13H2,(H,22,24)/t16-,17-,18+/m0/s1. The van der Waals surface area contributed by atoms with Crippen molar-refractivity contribution in [3.8, 4) is 11.5 Å². The molecule has 1 aliphatic heterocycles. The van der Waals surface area contributed by atoms with E-state index in [0.29, 0.717) is 19.6 Å². The summed E-state index contributed by atoms with van der Waals surface area (Å²) in [7, 11) is 0. The fraction of sp³-hybridized carbons (Fsp3) is 0.381. The molecule has 26 heavy (non-hydrogen) atoms. The molecule has 2 N–H and O–H groups in total. The summed E-state index contributed by atoms with van der Waals surface area (Å²) in [6.45, 7) is 1.06. The van der Waals surface area contributed by atoms with E-state index in [2.05, 4.69) is 5.32 Å². The number of amides is 1. The molecule has 0 bridgehead atoms. The molecule has 2 aromatic rings. The Morgan fingerprint density at radius 3 is 2.65 bits per heavy atom. The van der Waals surface area contributed by atoms with Crippen LogP contribution in [0.25, 0.3) is 0 Å². The molecule has 3 atom stereocenters. The fourth-order valence-electron chi connectivity index (χ4n) is 3.51. The number of hydrogen-bond acceptors (Lipinski definition) is 4. The number of aliphatic hydroxyl groups is 1. The third-order valence-corrected chi connectivity index (χ3v) is 5.01. The summed E-state index contributed by atoms with van der Waals surface area (Å²) < 4.78 is 11.2. The van der Waals surface area contributed by atoms with Crippen LogP contribution in [0.2, 0.25) is 0 Å². The van der Waals surface area contributed by atoms with Crippen LogP contribution < -0.4 is 14.8 Å². The summed E-state index contributed by atoms with van der Waals surface area (Å²) in [5, 5.41) is 12.6. The summed E-state index contributed by atoms with van der Waals surface area (Å²) >= 11 is 0. The van der Waals surface area contributed by atoms with Crippen molar-refractivity contribution in [2.24, 2.45) is 5.92 Å². The minimum atomic E-state index is -0.258. The van der Waals surface area contributed by atoms with Crippen LogP contribution in [0.1, 0.15) is 23.5 Å². The van der Waals surface area contributed by atoms with Crippen LogP contribution in [-0.2, 0) is 11.2 Å². The first-order chi connectivity index (χ1) is 12.7. The normalized spacial score (nSPS) is 21.7. The zero-order chi connectivity index (χ0) is 17.9. The first kappa shape index (κ1) is 16.9. The van der Waals surface area contributed by atoms with E-state index in [0.717, 1.165) is 29.0 Å². The maximum Gasteiger partial charge on any atom is 0.224 e. The van der Waals surface area contributed by atoms with E-state index in [1.807, 2.05) is 48.5 Å². The lowest BCUT2D eigenvalue weighted by atomic mass is 10.1. The lowest BCUT2D eigenvalue weighted by molar-refractivity contribution is -0.123. The Morgan fingerprint density at radius 2 is 1.88 bits per heavy atom. The Bertz CT molecular complexity index is 777. The van der Waals surface area contributed by atoms with Crippen molar-refractivity contribution in [2.75, 3.05) is 19.8 Å². The predicted octanol–water partition coefficient (Wildman–Crippen LogP) is 2.28. The fourth-order valence-corrected chi connectivity index (χ4v) is 3.51. The maximum absolute atomic E-state index is 12.6. The first-order valence-electron chi connectivity index (χ1n) is 9.09. The third-order valence-electron chi connectivity index (χ3n) is 5.01. The van der Waals surface area contributed by atoms with Gasteiger partial charge in [0.05, 0.1) is 12.6 Å². The molecule has 1 fully saturated rings. The van der Waals surface area contributed by atoms with Gasteiger partial charge in [0.1, 0.15) is 13.2 Å². The Balaban J connectivity index is 1.36. The molecule has 1 amide bonds. The van der Waals surface area contributed by atoms with Gasteiger partial charge in [0, 0.05) is 5.92 Å². The summed E-state index contributed by atoms with van der Waals surface area (Å²) in [6, 6.07) is 15.6. The molecule has 2 aliphatic rings. The Hall–Kier alpha value is -2.53. The highest BCUT2D eigenvalue weighted by Gasteiger charge is 2.44. The van der Waals surface area contributed by atoms with Gasteiger partial charge in [-0.25, -0.2) is 0 Å². The van der Waals surface area contributed by atoms with Crippen molar-refractivity contribution in [3.63, 3.8) is 0 Å². The summed E-state index contributed by atoms with van der Waals surface area (Å²) in [5.41, 5.74) is 2.21. The molecule has 1 saturated carbocycles. The molecule has 0 saturated heterocycles. The summed E-state index contributed by atoms with van der Waals surface area (Å²) in [4.78, 5) is 12.6. The van der Waals surface area contributed by atoms with Crippen LogP contribution in [-0.4, -0.2) is 36.9 Å². The number of benzene rings is 2. The molecule has 4 rings (SSSR count). The van der Waals surface area contributed by atoms with Crippen molar-refractivity contribution >= 4 is 5.91 Å². The smallest absolute Gasteiger partial charge is 0.224 e. The molecule has 5 heteroatoms. The van der Waals surface area contributed by atoms with Crippen LogP contribution in [0.3, 0.4) is 0 Å². The van der Waals surface area contributed by atoms with Gasteiger partial charge in [-0.15, -0.1) is 0 Å². The summed E-state index contributed by atoms with van der Waals surface area (Å²) in [6.07, 6.45) is 1.46. The predicted molar refractivity (Wildman–Crippen MR) is 97.4 cm³/mol. The lowest BCUT2D eigenvalue weighted by Gasteiger charge is -2.19. The number of aliphatic hydroxyl groups excluding tert-OH is 1. The first-order valence-corrected chi connectivity index (χ1v) is 9.09. The number of carbonyl (C=O) groups is 1. The van der Waals surface area contributed by atoms with Gasteiger partial charge in [-0.3, -0.25) is 4.79 Å². The van der Waals surface area contributed by atoms with Gasteiger partial charge in [0.2, 0.25) is 5.91 Å². The Morgan fingerprint density at radius 1 is 1.12 bits per heavy atom. The van der Waals surface area contributed by atoms with E-state index in [4.69, 9.17) is 9.47 Å². The highest BCUT2D eigenvalue weighted by molar-refractivity contribution is 5.83. The van der Waals surface area contributed by atoms with E-state index in [9.17, 15) is 9.90 Å². The molecule has 0 unspecified atom stereocenters. The number of carbonyl (C=O) groups excluding carboxylic acids is 1. The zero-order valence-corrected chi connectivity index (χ0v) is 14.6. The number of fused-ring (bicyclic) bond motifs is 1. The molecule has 0 radical (unpaired) electrons. The Labute approximate surface area is 152 Å². The minimum Gasteiger partial charge on any atom is -0.486 e. The average molecular weight is 353 g/mol. The average Bonchev–Trinajstić information content (AvgIpc) is 3.49. The molecule has 1 aliphatic carbocycles. The second-order valence-corrected chi connectivity index (χ2v) is 6.93. The lowest BCUT2D eigenvalue weighted by Crippen LogP contribution is -2.40. The molecule has 0 spiro atoms. The topological polar surface area (TPSA) is 67.8 Å². The highest BCUT2D eigenvalue weighted by Crippen LogP contribution is 2.49. The SMILES string of the molecule is O=C(N[C@H](CO)Cc1ccccc1)[C@@H]1C[C@H]1c1ccc2c(c1)OCCO2. The largest absolute Gasteiger partial charge is 0.486 e. The summed E-state index contributed by atoms with van der Waals surface area (Å²) in [5.74, 6) is 1.71. The second-order valence-electron chi connectivity index (χ2n) is 6.93. The monoisotopic (exact) mass is 353 g/mol. The molecule has 0 aromatic heterocycles. The van der Waals surface area contributed by atoms with E-state index < -0.39 is 0 Å². The van der Waals surface area contributed by atoms with Gasteiger partial charge < -0.3 is 19.9 Å². The maximum atomic E-state index is 12.6. The van der Waals surface area contributed by atoms with Gasteiger partial charge in [0.15, 0.2) is 11.5 Å². The zero-order valence-electron chi connectivity index (χ0n) is 14.6. The Kier molecular flexibility index (Phi) is 4.80. The van der Waals surface area contributed by atoms with E-state index >= 15 is 0 Å². The van der Waals surface area contributed by atoms with Gasteiger partial charge in [-0.2, -0.15) is 0 Å². The van der Waals surface area contributed by atoms with Crippen LogP contribution in [0.15, 0.2) is 48.5 Å². The van der Waals surface area contributed by atoms with E-state index in [1.165, 1.54) is 0 Å². The van der Waals surface area contributed by atoms with Gasteiger partial charge in [0.25, 0.3) is 0 Å². The molecule has 2 aromatic carbocycles. The molecular formula is C21H23NO4. The number of ether oxygens (including phenoxy) is 2. The van der Waals surface area contributed by atoms with E-state index in [-0.39, 0.29) is 30.4 Å². The van der Waals surface area contributed by atoms with Gasteiger partial charge in [-0.05, 0) is 42.0 Å². The van der Waals surface area contributed by atoms with Crippen LogP contribution in [0, 0.1) is 5.92 Å². The highest BCUT2D eigenvalue weighted by atomic mass is 16.6. The van der Waals surface area contributed by atoms with Gasteiger partial charge >= 0.3 is 0 Å². The number of hydrogen-bond donors (Lipinski definition) is 2. The second kappa shape index (κ2) is 7.38. The molecule has 5 nitrogen and oxygen atoms in total. The van der Waals surface area contributed by atoms with Crippen LogP contribution in [0.4, 0.5) is 0 Å². The molecule has 1 heterocycles. The van der Waals surface area contributed by atoms with Crippen LogP contribution in [0.5, 0.6) is 11.5 Å². The number of rotatable bonds is 6. The van der Waals surface area contributed by atoms with Crippen molar-refractivity contribution in [3.05, 3.63) is 59.7 Å². The van der Waals surface area contributed by atoms with Crippen molar-refractivity contribution in [2.45, 2.75) is 24.8 Å². The molecule has 136 valence electrons. The minimum absolute atomic E-state index is 0.0138. The van der Waals surface area contributed by atoms with Crippen molar-refractivity contribution < 1.29 is 19.4 Å². The quantitative estimate of drug-likeness (QED) is 0.836. The molecular weight excluding hydrogens is 330 g/mol. The van der Waals surface area contributed by atoms with E-state index in [1.54, 1.807) is 0 Å². The van der Waals surface area contributed by atoms with Crippen molar-refractivity contribution in [1.82, 2.24) is 5.32 Å². The van der Waals surface area contributed by atoms with Crippen molar-refractivity contribution in [1.29, 1.82) is 0 Å². The van der Waals surface area contributed by atoms with Gasteiger partial charge in [-0.1, -0.05) is 36.4 Å².